The largest absolute Gasteiger partial charge is 0.381 e. The number of amides is 1. The van der Waals surface area contributed by atoms with Crippen LogP contribution in [-0.2, 0) is 4.79 Å². The van der Waals surface area contributed by atoms with Crippen molar-refractivity contribution in [3.8, 4) is 0 Å². The number of hydrazone groups is 1. The van der Waals surface area contributed by atoms with Crippen molar-refractivity contribution < 1.29 is 9.90 Å². The number of carbonyl (C=O) groups excluding carboxylic acids is 1. The predicted octanol–water partition coefficient (Wildman–Crippen LogP) is 1.95. The van der Waals surface area contributed by atoms with E-state index in [1.165, 1.54) is 13.8 Å². The van der Waals surface area contributed by atoms with Crippen LogP contribution < -0.4 is 5.43 Å². The van der Waals surface area contributed by atoms with Crippen LogP contribution in [0.4, 0.5) is 0 Å². The van der Waals surface area contributed by atoms with E-state index in [-0.39, 0.29) is 0 Å². The Morgan fingerprint density at radius 1 is 1.41 bits per heavy atom. The van der Waals surface area contributed by atoms with Crippen molar-refractivity contribution >= 4 is 23.2 Å². The summed E-state index contributed by atoms with van der Waals surface area (Å²) < 4.78 is 0. The van der Waals surface area contributed by atoms with Gasteiger partial charge in [0.1, 0.15) is 5.60 Å². The summed E-state index contributed by atoms with van der Waals surface area (Å²) in [7, 11) is 0. The number of hydrogen-bond acceptors (Lipinski definition) is 3. The minimum Gasteiger partial charge on any atom is -0.381 e. The summed E-state index contributed by atoms with van der Waals surface area (Å²) in [6.45, 7) is 4.51. The lowest BCUT2D eigenvalue weighted by atomic mass is 10.1. The maximum Gasteiger partial charge on any atom is 0.271 e. The zero-order valence-corrected chi connectivity index (χ0v) is 10.7. The van der Waals surface area contributed by atoms with Crippen molar-refractivity contribution in [3.05, 3.63) is 34.9 Å². The standard InChI is InChI=1S/C12H15ClN2O2/c1-8(9-6-4-5-7-10(9)13)14-15-11(16)12(2,3)17/h4-7,17H,1-3H3,(H,15,16)/b14-8+. The second-order valence-corrected chi connectivity index (χ2v) is 4.58. The van der Waals surface area contributed by atoms with Gasteiger partial charge in [-0.3, -0.25) is 4.79 Å². The minimum atomic E-state index is -1.45. The quantitative estimate of drug-likeness (QED) is 0.640. The molecule has 0 spiro atoms. The first-order chi connectivity index (χ1) is 7.82. The lowest BCUT2D eigenvalue weighted by molar-refractivity contribution is -0.136. The van der Waals surface area contributed by atoms with Gasteiger partial charge in [0.25, 0.3) is 5.91 Å². The Hall–Kier alpha value is -1.39. The number of halogens is 1. The molecule has 1 rings (SSSR count). The molecule has 0 aliphatic heterocycles. The van der Waals surface area contributed by atoms with E-state index in [0.29, 0.717) is 10.7 Å². The first kappa shape index (κ1) is 13.7. The van der Waals surface area contributed by atoms with Gasteiger partial charge < -0.3 is 5.11 Å². The smallest absolute Gasteiger partial charge is 0.271 e. The van der Waals surface area contributed by atoms with Crippen LogP contribution in [0.15, 0.2) is 29.4 Å². The Labute approximate surface area is 105 Å². The van der Waals surface area contributed by atoms with Crippen LogP contribution in [0.5, 0.6) is 0 Å². The van der Waals surface area contributed by atoms with Crippen molar-refractivity contribution in [1.29, 1.82) is 0 Å². The summed E-state index contributed by atoms with van der Waals surface area (Å²) in [5.41, 5.74) is 2.15. The average Bonchev–Trinajstić information content (AvgIpc) is 2.24. The number of carbonyl (C=O) groups is 1. The molecule has 0 atom stereocenters. The molecule has 5 heteroatoms. The first-order valence-corrected chi connectivity index (χ1v) is 5.52. The molecule has 4 nitrogen and oxygen atoms in total. The van der Waals surface area contributed by atoms with E-state index in [2.05, 4.69) is 10.5 Å². The fraction of sp³-hybridized carbons (Fsp3) is 0.333. The van der Waals surface area contributed by atoms with Gasteiger partial charge in [-0.1, -0.05) is 29.8 Å². The summed E-state index contributed by atoms with van der Waals surface area (Å²) in [6, 6.07) is 7.19. The monoisotopic (exact) mass is 254 g/mol. The number of nitrogens with zero attached hydrogens (tertiary/aromatic N) is 1. The maximum atomic E-state index is 11.4. The molecule has 1 aromatic carbocycles. The maximum absolute atomic E-state index is 11.4. The third kappa shape index (κ3) is 3.84. The second-order valence-electron chi connectivity index (χ2n) is 4.18. The second kappa shape index (κ2) is 5.29. The molecule has 92 valence electrons. The molecule has 17 heavy (non-hydrogen) atoms. The van der Waals surface area contributed by atoms with E-state index >= 15 is 0 Å². The fourth-order valence-corrected chi connectivity index (χ4v) is 1.36. The van der Waals surface area contributed by atoms with Crippen molar-refractivity contribution in [1.82, 2.24) is 5.43 Å². The van der Waals surface area contributed by atoms with Crippen molar-refractivity contribution in [2.45, 2.75) is 26.4 Å². The highest BCUT2D eigenvalue weighted by Gasteiger charge is 2.23. The summed E-state index contributed by atoms with van der Waals surface area (Å²) in [6.07, 6.45) is 0. The molecule has 0 saturated carbocycles. The molecular formula is C12H15ClN2O2. The number of nitrogens with one attached hydrogen (secondary N) is 1. The van der Waals surface area contributed by atoms with Crippen LogP contribution in [0.1, 0.15) is 26.3 Å². The van der Waals surface area contributed by atoms with Gasteiger partial charge in [0, 0.05) is 10.6 Å². The number of aliphatic hydroxyl groups is 1. The molecule has 0 fully saturated rings. The van der Waals surface area contributed by atoms with Crippen LogP contribution >= 0.6 is 11.6 Å². The van der Waals surface area contributed by atoms with Gasteiger partial charge in [0.2, 0.25) is 0 Å². The Kier molecular flexibility index (Phi) is 4.26. The zero-order valence-electron chi connectivity index (χ0n) is 9.99. The molecule has 0 aromatic heterocycles. The van der Waals surface area contributed by atoms with Crippen LogP contribution in [0.25, 0.3) is 0 Å². The number of rotatable bonds is 3. The average molecular weight is 255 g/mol. The van der Waals surface area contributed by atoms with Crippen LogP contribution in [0, 0.1) is 0 Å². The lowest BCUT2D eigenvalue weighted by Crippen LogP contribution is -2.39. The topological polar surface area (TPSA) is 61.7 Å². The molecule has 2 N–H and O–H groups in total. The highest BCUT2D eigenvalue weighted by Crippen LogP contribution is 2.15. The van der Waals surface area contributed by atoms with Gasteiger partial charge in [0.15, 0.2) is 0 Å². The van der Waals surface area contributed by atoms with Gasteiger partial charge in [-0.2, -0.15) is 5.10 Å². The Morgan fingerprint density at radius 3 is 2.53 bits per heavy atom. The van der Waals surface area contributed by atoms with Gasteiger partial charge in [-0.25, -0.2) is 5.43 Å². The zero-order chi connectivity index (χ0) is 13.1. The summed E-state index contributed by atoms with van der Waals surface area (Å²) in [4.78, 5) is 11.4. The van der Waals surface area contributed by atoms with Crippen LogP contribution in [-0.4, -0.2) is 22.3 Å². The van der Waals surface area contributed by atoms with Gasteiger partial charge in [-0.15, -0.1) is 0 Å². The number of benzene rings is 1. The van der Waals surface area contributed by atoms with E-state index in [1.54, 1.807) is 19.1 Å². The molecule has 0 saturated heterocycles. The lowest BCUT2D eigenvalue weighted by Gasteiger charge is -2.14. The predicted molar refractivity (Wildman–Crippen MR) is 68.1 cm³/mol. The fourth-order valence-electron chi connectivity index (χ4n) is 1.09. The molecule has 0 heterocycles. The molecule has 0 aliphatic rings. The summed E-state index contributed by atoms with van der Waals surface area (Å²) >= 11 is 5.98. The Bertz CT molecular complexity index is 450. The van der Waals surface area contributed by atoms with E-state index in [9.17, 15) is 9.90 Å². The minimum absolute atomic E-state index is 0.561. The molecular weight excluding hydrogens is 240 g/mol. The first-order valence-electron chi connectivity index (χ1n) is 5.14. The normalized spacial score (nSPS) is 12.4. The molecule has 1 aromatic rings. The third-order valence-corrected chi connectivity index (χ3v) is 2.47. The summed E-state index contributed by atoms with van der Waals surface area (Å²) in [5, 5.41) is 13.9. The number of hydrogen-bond donors (Lipinski definition) is 2. The van der Waals surface area contributed by atoms with Crippen molar-refractivity contribution in [3.63, 3.8) is 0 Å². The Morgan fingerprint density at radius 2 is 2.00 bits per heavy atom. The molecule has 0 unspecified atom stereocenters. The SMILES string of the molecule is C/C(=N\NC(=O)C(C)(C)O)c1ccccc1Cl. The van der Waals surface area contributed by atoms with Crippen molar-refractivity contribution in [2.24, 2.45) is 5.10 Å². The van der Waals surface area contributed by atoms with E-state index in [0.717, 1.165) is 5.56 Å². The molecule has 1 amide bonds. The third-order valence-electron chi connectivity index (χ3n) is 2.14. The Balaban J connectivity index is 2.82. The highest BCUT2D eigenvalue weighted by molar-refractivity contribution is 6.34. The van der Waals surface area contributed by atoms with E-state index in [1.807, 2.05) is 12.1 Å². The summed E-state index contributed by atoms with van der Waals surface area (Å²) in [5.74, 6) is -0.566. The molecule has 0 aliphatic carbocycles. The van der Waals surface area contributed by atoms with Gasteiger partial charge >= 0.3 is 0 Å². The van der Waals surface area contributed by atoms with Crippen molar-refractivity contribution in [2.75, 3.05) is 0 Å². The van der Waals surface area contributed by atoms with E-state index in [4.69, 9.17) is 11.6 Å². The molecule has 0 radical (unpaired) electrons. The van der Waals surface area contributed by atoms with Crippen LogP contribution in [0.2, 0.25) is 5.02 Å². The van der Waals surface area contributed by atoms with E-state index < -0.39 is 11.5 Å². The molecule has 0 bridgehead atoms. The highest BCUT2D eigenvalue weighted by atomic mass is 35.5. The van der Waals surface area contributed by atoms with Gasteiger partial charge in [-0.05, 0) is 26.8 Å². The van der Waals surface area contributed by atoms with Crippen LogP contribution in [0.3, 0.4) is 0 Å². The van der Waals surface area contributed by atoms with Gasteiger partial charge in [0.05, 0.1) is 5.71 Å².